The number of carboxylic acid groups (broad SMARTS) is 1. The van der Waals surface area contributed by atoms with Crippen molar-refractivity contribution < 1.29 is 38.3 Å². The molecule has 1 aromatic heterocycles. The molecule has 0 aromatic carbocycles. The van der Waals surface area contributed by atoms with E-state index in [0.29, 0.717) is 25.5 Å². The maximum Gasteiger partial charge on any atom is 1.00 e. The topological polar surface area (TPSA) is 98.7 Å². The molecular weight excluding hydrogens is 319 g/mol. The Kier molecular flexibility index (Phi) is 7.26. The monoisotopic (exact) mass is 342 g/mol. The van der Waals surface area contributed by atoms with E-state index in [1.54, 1.807) is 4.90 Å². The summed E-state index contributed by atoms with van der Waals surface area (Å²) in [6.07, 6.45) is 3.06. The van der Waals surface area contributed by atoms with E-state index in [1.165, 1.54) is 12.4 Å². The van der Waals surface area contributed by atoms with Crippen LogP contribution in [0, 0.1) is 0 Å². The van der Waals surface area contributed by atoms with Crippen molar-refractivity contribution in [3.63, 3.8) is 0 Å². The van der Waals surface area contributed by atoms with Gasteiger partial charge in [0.2, 0.25) is 0 Å². The van der Waals surface area contributed by atoms with Gasteiger partial charge in [0.1, 0.15) is 17.1 Å². The summed E-state index contributed by atoms with van der Waals surface area (Å²) < 4.78 is 5.45. The van der Waals surface area contributed by atoms with Crippen LogP contribution in [0.25, 0.3) is 0 Å². The Morgan fingerprint density at radius 1 is 1.36 bits per heavy atom. The van der Waals surface area contributed by atoms with Gasteiger partial charge in [-0.2, -0.15) is 0 Å². The fourth-order valence-electron chi connectivity index (χ4n) is 2.65. The van der Waals surface area contributed by atoms with Gasteiger partial charge in [0.25, 0.3) is 0 Å². The number of amides is 1. The zero-order chi connectivity index (χ0) is 17.9. The van der Waals surface area contributed by atoms with Crippen LogP contribution in [0.4, 0.5) is 10.6 Å². The zero-order valence-corrected chi connectivity index (χ0v) is 15.5. The van der Waals surface area contributed by atoms with Crippen molar-refractivity contribution in [1.82, 2.24) is 14.9 Å². The van der Waals surface area contributed by atoms with Crippen LogP contribution in [-0.4, -0.2) is 58.2 Å². The number of rotatable bonds is 4. The van der Waals surface area contributed by atoms with Crippen LogP contribution in [0.2, 0.25) is 0 Å². The van der Waals surface area contributed by atoms with Gasteiger partial charge in [0, 0.05) is 19.6 Å². The molecule has 0 saturated carbocycles. The summed E-state index contributed by atoms with van der Waals surface area (Å²) >= 11 is 0. The molecule has 0 spiro atoms. The van der Waals surface area contributed by atoms with Gasteiger partial charge < -0.3 is 24.4 Å². The molecule has 9 heteroatoms. The Morgan fingerprint density at radius 2 is 2.04 bits per heavy atom. The van der Waals surface area contributed by atoms with E-state index >= 15 is 0 Å². The number of carboxylic acids is 1. The van der Waals surface area contributed by atoms with Crippen LogP contribution in [-0.2, 0) is 4.74 Å². The normalized spacial score (nSPS) is 17.0. The largest absolute Gasteiger partial charge is 1.00 e. The molecule has 2 heterocycles. The fraction of sp³-hybridized carbons (Fsp3) is 0.625. The van der Waals surface area contributed by atoms with Crippen molar-refractivity contribution in [2.24, 2.45) is 0 Å². The van der Waals surface area contributed by atoms with E-state index in [2.05, 4.69) is 9.97 Å². The Bertz CT molecular complexity index is 603. The summed E-state index contributed by atoms with van der Waals surface area (Å²) in [4.78, 5) is 34.7. The van der Waals surface area contributed by atoms with Gasteiger partial charge in [-0.15, -0.1) is 0 Å². The van der Waals surface area contributed by atoms with Gasteiger partial charge in [-0.05, 0) is 34.1 Å². The number of nitrogens with zero attached hydrogens (tertiary/aromatic N) is 4. The smallest absolute Gasteiger partial charge is 0.543 e. The molecule has 1 aliphatic heterocycles. The second-order valence-electron chi connectivity index (χ2n) is 6.70. The molecule has 132 valence electrons. The van der Waals surface area contributed by atoms with Crippen molar-refractivity contribution >= 4 is 17.9 Å². The Labute approximate surface area is 159 Å². The van der Waals surface area contributed by atoms with Gasteiger partial charge in [0.05, 0.1) is 24.4 Å². The summed E-state index contributed by atoms with van der Waals surface area (Å²) in [5.74, 6) is -0.766. The molecule has 1 amide bonds. The third-order valence-corrected chi connectivity index (χ3v) is 3.74. The summed E-state index contributed by atoms with van der Waals surface area (Å²) in [7, 11) is 0. The van der Waals surface area contributed by atoms with E-state index in [-0.39, 0.29) is 36.7 Å². The molecule has 0 N–H and O–H groups in total. The molecule has 0 aliphatic carbocycles. The van der Waals surface area contributed by atoms with Gasteiger partial charge >= 0.3 is 25.0 Å². The van der Waals surface area contributed by atoms with Crippen molar-refractivity contribution in [3.8, 4) is 0 Å². The molecule has 0 radical (unpaired) electrons. The van der Waals surface area contributed by atoms with E-state index < -0.39 is 11.6 Å². The maximum absolute atomic E-state index is 12.3. The summed E-state index contributed by atoms with van der Waals surface area (Å²) in [5, 5.41) is 10.7. The first-order valence-corrected chi connectivity index (χ1v) is 7.99. The van der Waals surface area contributed by atoms with E-state index in [4.69, 9.17) is 4.74 Å². The van der Waals surface area contributed by atoms with Crippen molar-refractivity contribution in [2.75, 3.05) is 24.5 Å². The average Bonchev–Trinajstić information content (AvgIpc) is 2.96. The standard InChI is InChI=1S/C16H24N4O4.Li/c1-5-20(15(23)24-16(2,3)4)11-6-7-19(10-11)13-9-17-12(8-18-13)14(21)22;/h8-9,11H,5-7,10H2,1-4H3,(H,21,22);/q;+1/p-1. The predicted octanol–water partition coefficient (Wildman–Crippen LogP) is -2.32. The van der Waals surface area contributed by atoms with Gasteiger partial charge in [-0.1, -0.05) is 0 Å². The minimum atomic E-state index is -1.35. The molecule has 1 atom stereocenters. The molecule has 8 nitrogen and oxygen atoms in total. The van der Waals surface area contributed by atoms with Gasteiger partial charge in [-0.3, -0.25) is 0 Å². The van der Waals surface area contributed by atoms with Crippen molar-refractivity contribution in [3.05, 3.63) is 18.1 Å². The van der Waals surface area contributed by atoms with E-state index in [9.17, 15) is 14.7 Å². The molecule has 1 fully saturated rings. The second-order valence-corrected chi connectivity index (χ2v) is 6.70. The van der Waals surface area contributed by atoms with E-state index in [1.807, 2.05) is 32.6 Å². The van der Waals surface area contributed by atoms with Crippen LogP contribution in [0.1, 0.15) is 44.6 Å². The molecular formula is C16H23LiN4O4. The molecule has 0 bridgehead atoms. The average molecular weight is 342 g/mol. The first-order valence-electron chi connectivity index (χ1n) is 7.99. The molecule has 1 unspecified atom stereocenters. The van der Waals surface area contributed by atoms with E-state index in [0.717, 1.165) is 6.42 Å². The second kappa shape index (κ2) is 8.54. The number of anilines is 1. The summed E-state index contributed by atoms with van der Waals surface area (Å²) in [5.41, 5.74) is -0.729. The zero-order valence-electron chi connectivity index (χ0n) is 15.5. The fourth-order valence-corrected chi connectivity index (χ4v) is 2.65. The number of aromatic nitrogens is 2. The predicted molar refractivity (Wildman–Crippen MR) is 85.6 cm³/mol. The molecule has 1 aromatic rings. The Hall–Kier alpha value is -1.78. The minimum absolute atomic E-state index is 0. The number of aromatic carboxylic acids is 1. The summed E-state index contributed by atoms with van der Waals surface area (Å²) in [6.45, 7) is 9.32. The Morgan fingerprint density at radius 3 is 2.52 bits per heavy atom. The number of likely N-dealkylation sites (N-methyl/N-ethyl adjacent to an activating group) is 1. The molecule has 25 heavy (non-hydrogen) atoms. The SMILES string of the molecule is CCN(C(=O)OC(C)(C)C)C1CCN(c2cnc(C(=O)[O-])cn2)C1.[Li+]. The third-order valence-electron chi connectivity index (χ3n) is 3.74. The van der Waals surface area contributed by atoms with Crippen LogP contribution in [0.15, 0.2) is 12.4 Å². The first-order chi connectivity index (χ1) is 11.2. The molecule has 2 rings (SSSR count). The van der Waals surface area contributed by atoms with Crippen molar-refractivity contribution in [2.45, 2.75) is 45.8 Å². The first kappa shape index (κ1) is 21.3. The van der Waals surface area contributed by atoms with Crippen molar-refractivity contribution in [1.29, 1.82) is 0 Å². The number of carbonyl (C=O) groups is 2. The number of ether oxygens (including phenoxy) is 1. The van der Waals surface area contributed by atoms with Gasteiger partial charge in [0.15, 0.2) is 0 Å². The van der Waals surface area contributed by atoms with Crippen LogP contribution in [0.3, 0.4) is 0 Å². The number of hydrogen-bond donors (Lipinski definition) is 0. The number of carbonyl (C=O) groups excluding carboxylic acids is 2. The Balaban J connectivity index is 0.00000312. The number of hydrogen-bond acceptors (Lipinski definition) is 7. The minimum Gasteiger partial charge on any atom is -0.543 e. The van der Waals surface area contributed by atoms with Crippen LogP contribution in [0.5, 0.6) is 0 Å². The molecule has 1 saturated heterocycles. The summed E-state index contributed by atoms with van der Waals surface area (Å²) in [6, 6.07) is 0.0208. The quantitative estimate of drug-likeness (QED) is 0.567. The van der Waals surface area contributed by atoms with Crippen LogP contribution < -0.4 is 28.9 Å². The van der Waals surface area contributed by atoms with Crippen LogP contribution >= 0.6 is 0 Å². The van der Waals surface area contributed by atoms with Gasteiger partial charge in [-0.25, -0.2) is 14.8 Å². The third kappa shape index (κ3) is 5.61. The molecule has 1 aliphatic rings. The maximum atomic E-state index is 12.3.